The van der Waals surface area contributed by atoms with Crippen molar-refractivity contribution in [1.82, 2.24) is 10.7 Å². The number of rotatable bonds is 7. The molecular formula is C19H20ClN3O4. The Labute approximate surface area is 162 Å². The van der Waals surface area contributed by atoms with Gasteiger partial charge in [0, 0.05) is 11.6 Å². The second-order valence-corrected chi connectivity index (χ2v) is 5.79. The van der Waals surface area contributed by atoms with Crippen LogP contribution in [0.5, 0.6) is 11.5 Å². The van der Waals surface area contributed by atoms with E-state index >= 15 is 0 Å². The zero-order valence-corrected chi connectivity index (χ0v) is 15.7. The number of hydrazone groups is 1. The number of carbonyl (C=O) groups excluding carboxylic acids is 2. The van der Waals surface area contributed by atoms with E-state index in [0.717, 1.165) is 5.56 Å². The van der Waals surface area contributed by atoms with Crippen molar-refractivity contribution in [3.63, 3.8) is 0 Å². The van der Waals surface area contributed by atoms with Crippen LogP contribution in [-0.4, -0.2) is 31.7 Å². The number of ether oxygens (including phenoxy) is 2. The van der Waals surface area contributed by atoms with Gasteiger partial charge in [-0.3, -0.25) is 9.59 Å². The molecule has 2 aromatic rings. The van der Waals surface area contributed by atoms with Gasteiger partial charge in [-0.15, -0.1) is 0 Å². The van der Waals surface area contributed by atoms with Gasteiger partial charge >= 0.3 is 11.8 Å². The van der Waals surface area contributed by atoms with Crippen molar-refractivity contribution in [2.75, 3.05) is 13.7 Å². The molecule has 2 rings (SSSR count). The molecule has 2 aromatic carbocycles. The Morgan fingerprint density at radius 3 is 2.52 bits per heavy atom. The molecule has 0 fully saturated rings. The zero-order valence-electron chi connectivity index (χ0n) is 15.0. The fourth-order valence-corrected chi connectivity index (χ4v) is 2.25. The van der Waals surface area contributed by atoms with Gasteiger partial charge in [-0.1, -0.05) is 23.7 Å². The number of nitrogens with zero attached hydrogens (tertiary/aromatic N) is 1. The Bertz CT molecular complexity index is 822. The topological polar surface area (TPSA) is 89.0 Å². The molecule has 0 radical (unpaired) electrons. The quantitative estimate of drug-likeness (QED) is 0.432. The number of carbonyl (C=O) groups is 2. The van der Waals surface area contributed by atoms with Crippen molar-refractivity contribution >= 4 is 29.6 Å². The van der Waals surface area contributed by atoms with Crippen LogP contribution in [0.4, 0.5) is 0 Å². The van der Waals surface area contributed by atoms with Crippen molar-refractivity contribution in [1.29, 1.82) is 0 Å². The highest BCUT2D eigenvalue weighted by Crippen LogP contribution is 2.27. The number of halogens is 1. The van der Waals surface area contributed by atoms with Gasteiger partial charge in [0.25, 0.3) is 0 Å². The lowest BCUT2D eigenvalue weighted by atomic mass is 10.2. The fourth-order valence-electron chi connectivity index (χ4n) is 2.12. The molecule has 0 atom stereocenters. The van der Waals surface area contributed by atoms with Gasteiger partial charge < -0.3 is 14.8 Å². The predicted molar refractivity (Wildman–Crippen MR) is 103 cm³/mol. The molecule has 0 spiro atoms. The smallest absolute Gasteiger partial charge is 0.329 e. The highest BCUT2D eigenvalue weighted by atomic mass is 35.5. The summed E-state index contributed by atoms with van der Waals surface area (Å²) in [5, 5.41) is 6.89. The minimum atomic E-state index is -0.862. The van der Waals surface area contributed by atoms with E-state index in [1.807, 2.05) is 6.92 Å². The summed E-state index contributed by atoms with van der Waals surface area (Å²) in [6.45, 7) is 2.56. The fraction of sp³-hybridized carbons (Fsp3) is 0.211. The van der Waals surface area contributed by atoms with E-state index in [1.54, 1.807) is 49.6 Å². The Kier molecular flexibility index (Phi) is 7.63. The Hall–Kier alpha value is -3.06. The highest BCUT2D eigenvalue weighted by Gasteiger charge is 2.12. The summed E-state index contributed by atoms with van der Waals surface area (Å²) in [5.41, 5.74) is 3.69. The van der Waals surface area contributed by atoms with Crippen molar-refractivity contribution in [3.05, 3.63) is 58.6 Å². The lowest BCUT2D eigenvalue weighted by Gasteiger charge is -2.09. The first-order chi connectivity index (χ1) is 13.0. The summed E-state index contributed by atoms with van der Waals surface area (Å²) in [6, 6.07) is 12.1. The Balaban J connectivity index is 1.87. The molecule has 0 aliphatic heterocycles. The molecule has 142 valence electrons. The maximum atomic E-state index is 11.8. The molecule has 8 heteroatoms. The molecule has 7 nitrogen and oxygen atoms in total. The summed E-state index contributed by atoms with van der Waals surface area (Å²) in [4.78, 5) is 23.6. The summed E-state index contributed by atoms with van der Waals surface area (Å²) < 4.78 is 10.7. The van der Waals surface area contributed by atoms with Gasteiger partial charge in [0.15, 0.2) is 11.5 Å². The third kappa shape index (κ3) is 6.31. The van der Waals surface area contributed by atoms with Gasteiger partial charge in [-0.05, 0) is 48.4 Å². The minimum absolute atomic E-state index is 0.212. The number of hydrogen-bond donors (Lipinski definition) is 2. The molecule has 2 N–H and O–H groups in total. The van der Waals surface area contributed by atoms with E-state index in [2.05, 4.69) is 15.8 Å². The van der Waals surface area contributed by atoms with E-state index in [4.69, 9.17) is 21.1 Å². The molecule has 0 heterocycles. The first-order valence-electron chi connectivity index (χ1n) is 8.20. The lowest BCUT2D eigenvalue weighted by Crippen LogP contribution is -2.37. The van der Waals surface area contributed by atoms with Crippen molar-refractivity contribution in [3.8, 4) is 11.5 Å². The van der Waals surface area contributed by atoms with E-state index in [9.17, 15) is 9.59 Å². The van der Waals surface area contributed by atoms with Crippen LogP contribution in [0.3, 0.4) is 0 Å². The van der Waals surface area contributed by atoms with Crippen LogP contribution in [0.25, 0.3) is 0 Å². The highest BCUT2D eigenvalue weighted by molar-refractivity contribution is 6.35. The number of hydrogen-bond acceptors (Lipinski definition) is 5. The van der Waals surface area contributed by atoms with Gasteiger partial charge in [-0.25, -0.2) is 5.43 Å². The normalized spacial score (nSPS) is 10.5. The molecule has 0 saturated heterocycles. The van der Waals surface area contributed by atoms with E-state index in [0.29, 0.717) is 28.7 Å². The average molecular weight is 390 g/mol. The largest absolute Gasteiger partial charge is 0.493 e. The third-order valence-electron chi connectivity index (χ3n) is 3.44. The number of amides is 2. The average Bonchev–Trinajstić information content (AvgIpc) is 2.67. The van der Waals surface area contributed by atoms with E-state index in [-0.39, 0.29) is 6.54 Å². The molecule has 0 saturated carbocycles. The zero-order chi connectivity index (χ0) is 19.6. The van der Waals surface area contributed by atoms with E-state index < -0.39 is 11.8 Å². The minimum Gasteiger partial charge on any atom is -0.493 e. The maximum Gasteiger partial charge on any atom is 0.329 e. The lowest BCUT2D eigenvalue weighted by molar-refractivity contribution is -0.139. The number of nitrogens with one attached hydrogen (secondary N) is 2. The van der Waals surface area contributed by atoms with Gasteiger partial charge in [0.2, 0.25) is 0 Å². The first kappa shape index (κ1) is 20.3. The van der Waals surface area contributed by atoms with Crippen LogP contribution in [0.15, 0.2) is 47.6 Å². The van der Waals surface area contributed by atoms with Gasteiger partial charge in [0.05, 0.1) is 19.9 Å². The van der Waals surface area contributed by atoms with Crippen LogP contribution in [0.1, 0.15) is 18.1 Å². The van der Waals surface area contributed by atoms with Crippen LogP contribution in [0, 0.1) is 0 Å². The first-order valence-corrected chi connectivity index (χ1v) is 8.57. The molecule has 0 bridgehead atoms. The number of methoxy groups -OCH3 is 1. The van der Waals surface area contributed by atoms with Crippen LogP contribution < -0.4 is 20.2 Å². The second kappa shape index (κ2) is 10.2. The summed E-state index contributed by atoms with van der Waals surface area (Å²) in [6.07, 6.45) is 1.41. The van der Waals surface area contributed by atoms with Crippen molar-refractivity contribution < 1.29 is 19.1 Å². The molecule has 0 aliphatic carbocycles. The van der Waals surface area contributed by atoms with Crippen LogP contribution in [0.2, 0.25) is 5.02 Å². The molecule has 2 amide bonds. The summed E-state index contributed by atoms with van der Waals surface area (Å²) in [7, 11) is 1.55. The number of benzene rings is 2. The Morgan fingerprint density at radius 1 is 1.11 bits per heavy atom. The van der Waals surface area contributed by atoms with Crippen molar-refractivity contribution in [2.45, 2.75) is 13.5 Å². The van der Waals surface area contributed by atoms with E-state index in [1.165, 1.54) is 6.21 Å². The standard InChI is InChI=1S/C19H20ClN3O4/c1-3-27-17-10-14(6-9-16(17)26-2)12-22-23-19(25)18(24)21-11-13-4-7-15(20)8-5-13/h4-10,12H,3,11H2,1-2H3,(H,21,24)(H,23,25)/b22-12-. The second-order valence-electron chi connectivity index (χ2n) is 5.35. The van der Waals surface area contributed by atoms with Gasteiger partial charge in [-0.2, -0.15) is 5.10 Å². The molecule has 0 unspecified atom stereocenters. The molecule has 0 aromatic heterocycles. The summed E-state index contributed by atoms with van der Waals surface area (Å²) in [5.74, 6) is -0.485. The summed E-state index contributed by atoms with van der Waals surface area (Å²) >= 11 is 5.79. The molecule has 27 heavy (non-hydrogen) atoms. The predicted octanol–water partition coefficient (Wildman–Crippen LogP) is 2.51. The SMILES string of the molecule is CCOc1cc(/C=N\NC(=O)C(=O)NCc2ccc(Cl)cc2)ccc1OC. The maximum absolute atomic E-state index is 11.8. The third-order valence-corrected chi connectivity index (χ3v) is 3.69. The van der Waals surface area contributed by atoms with Crippen LogP contribution in [-0.2, 0) is 16.1 Å². The molecular weight excluding hydrogens is 370 g/mol. The van der Waals surface area contributed by atoms with Gasteiger partial charge in [0.1, 0.15) is 0 Å². The molecule has 0 aliphatic rings. The Morgan fingerprint density at radius 2 is 1.85 bits per heavy atom. The van der Waals surface area contributed by atoms with Crippen molar-refractivity contribution in [2.24, 2.45) is 5.10 Å². The monoisotopic (exact) mass is 389 g/mol. The van der Waals surface area contributed by atoms with Crippen LogP contribution >= 0.6 is 11.6 Å².